The Labute approximate surface area is 136 Å². The molecule has 6 atom stereocenters. The molecule has 4 rings (SSSR count). The van der Waals surface area contributed by atoms with Crippen LogP contribution in [0.2, 0.25) is 0 Å². The summed E-state index contributed by atoms with van der Waals surface area (Å²) < 4.78 is 0. The summed E-state index contributed by atoms with van der Waals surface area (Å²) in [7, 11) is 0. The SMILES string of the molecule is C=C[C@]12CC[C@H]3[C@@H](CCC4=CCCC[C@@H]43)[C@@H]1CC[C@H]2C(=C)C. The van der Waals surface area contributed by atoms with Crippen molar-refractivity contribution in [3.8, 4) is 0 Å². The van der Waals surface area contributed by atoms with Gasteiger partial charge in [-0.1, -0.05) is 29.9 Å². The second-order valence-electron chi connectivity index (χ2n) is 8.62. The van der Waals surface area contributed by atoms with E-state index < -0.39 is 0 Å². The monoisotopic (exact) mass is 296 g/mol. The third-order valence-electron chi connectivity index (χ3n) is 7.94. The lowest BCUT2D eigenvalue weighted by Gasteiger charge is -2.54. The van der Waals surface area contributed by atoms with Gasteiger partial charge in [0, 0.05) is 0 Å². The van der Waals surface area contributed by atoms with Crippen molar-refractivity contribution in [3.05, 3.63) is 36.5 Å². The van der Waals surface area contributed by atoms with Gasteiger partial charge in [0.05, 0.1) is 0 Å². The van der Waals surface area contributed by atoms with Crippen LogP contribution in [0.1, 0.15) is 64.7 Å². The van der Waals surface area contributed by atoms with E-state index in [9.17, 15) is 0 Å². The Bertz CT molecular complexity index is 510. The van der Waals surface area contributed by atoms with E-state index in [1.807, 2.05) is 5.57 Å². The van der Waals surface area contributed by atoms with Crippen LogP contribution in [0.3, 0.4) is 0 Å². The molecule has 0 aromatic rings. The van der Waals surface area contributed by atoms with E-state index in [0.29, 0.717) is 11.3 Å². The molecule has 22 heavy (non-hydrogen) atoms. The molecule has 0 aromatic heterocycles. The zero-order chi connectivity index (χ0) is 15.3. The Balaban J connectivity index is 1.66. The minimum atomic E-state index is 0.392. The van der Waals surface area contributed by atoms with Gasteiger partial charge in [-0.15, -0.1) is 6.58 Å². The number of rotatable bonds is 2. The first-order chi connectivity index (χ1) is 10.7. The van der Waals surface area contributed by atoms with Gasteiger partial charge in [-0.2, -0.15) is 0 Å². The molecule has 0 aromatic carbocycles. The molecular formula is C22H32. The third-order valence-corrected chi connectivity index (χ3v) is 7.94. The van der Waals surface area contributed by atoms with E-state index in [1.165, 1.54) is 63.4 Å². The quantitative estimate of drug-likeness (QED) is 0.524. The predicted molar refractivity (Wildman–Crippen MR) is 94.5 cm³/mol. The van der Waals surface area contributed by atoms with Crippen LogP contribution in [0.15, 0.2) is 36.5 Å². The molecule has 0 heteroatoms. The first kappa shape index (κ1) is 14.8. The van der Waals surface area contributed by atoms with Gasteiger partial charge in [0.25, 0.3) is 0 Å². The minimum Gasteiger partial charge on any atom is -0.102 e. The highest BCUT2D eigenvalue weighted by Gasteiger charge is 2.56. The molecule has 0 aliphatic heterocycles. The molecule has 0 heterocycles. The third kappa shape index (κ3) is 1.95. The largest absolute Gasteiger partial charge is 0.102 e. The number of fused-ring (bicyclic) bond motifs is 5. The minimum absolute atomic E-state index is 0.392. The number of hydrogen-bond donors (Lipinski definition) is 0. The predicted octanol–water partition coefficient (Wildman–Crippen LogP) is 6.31. The molecule has 3 saturated carbocycles. The topological polar surface area (TPSA) is 0 Å². The molecule has 0 nitrogen and oxygen atoms in total. The molecule has 0 N–H and O–H groups in total. The summed E-state index contributed by atoms with van der Waals surface area (Å²) in [4.78, 5) is 0. The molecular weight excluding hydrogens is 264 g/mol. The molecule has 120 valence electrons. The van der Waals surface area contributed by atoms with E-state index >= 15 is 0 Å². The van der Waals surface area contributed by atoms with E-state index in [2.05, 4.69) is 32.2 Å². The Morgan fingerprint density at radius 2 is 2.05 bits per heavy atom. The fraction of sp³-hybridized carbons (Fsp3) is 0.727. The standard InChI is InChI=1S/C22H32/c1-4-22-14-13-18-17-8-6-5-7-16(17)9-10-19(18)21(22)12-11-20(22)15(2)3/h4,7,17-21H,1-2,5-6,8-14H2,3H3/t17-,18+,19+,20-,21-,22+/m0/s1. The van der Waals surface area contributed by atoms with Gasteiger partial charge in [-0.05, 0) is 99.7 Å². The van der Waals surface area contributed by atoms with Gasteiger partial charge >= 0.3 is 0 Å². The summed E-state index contributed by atoms with van der Waals surface area (Å²) in [6.45, 7) is 10.9. The Morgan fingerprint density at radius 3 is 2.82 bits per heavy atom. The molecule has 0 unspecified atom stereocenters. The first-order valence-corrected chi connectivity index (χ1v) is 9.65. The van der Waals surface area contributed by atoms with Gasteiger partial charge in [0.2, 0.25) is 0 Å². The molecule has 0 amide bonds. The lowest BCUT2D eigenvalue weighted by Crippen LogP contribution is -2.46. The van der Waals surface area contributed by atoms with Crippen LogP contribution in [0.5, 0.6) is 0 Å². The molecule has 0 radical (unpaired) electrons. The van der Waals surface area contributed by atoms with Crippen molar-refractivity contribution in [2.45, 2.75) is 64.7 Å². The van der Waals surface area contributed by atoms with Crippen molar-refractivity contribution >= 4 is 0 Å². The smallest absolute Gasteiger partial charge is 0.00246 e. The molecule has 0 spiro atoms. The van der Waals surface area contributed by atoms with Gasteiger partial charge in [0.15, 0.2) is 0 Å². The number of hydrogen-bond acceptors (Lipinski definition) is 0. The first-order valence-electron chi connectivity index (χ1n) is 9.65. The van der Waals surface area contributed by atoms with Gasteiger partial charge < -0.3 is 0 Å². The van der Waals surface area contributed by atoms with E-state index in [4.69, 9.17) is 0 Å². The Morgan fingerprint density at radius 1 is 1.18 bits per heavy atom. The van der Waals surface area contributed by atoms with Crippen LogP contribution >= 0.6 is 0 Å². The van der Waals surface area contributed by atoms with Crippen LogP contribution in [-0.2, 0) is 0 Å². The fourth-order valence-electron chi connectivity index (χ4n) is 7.13. The van der Waals surface area contributed by atoms with Crippen molar-refractivity contribution in [1.82, 2.24) is 0 Å². The lowest BCUT2D eigenvalue weighted by molar-refractivity contribution is 0.00223. The van der Waals surface area contributed by atoms with Crippen molar-refractivity contribution in [3.63, 3.8) is 0 Å². The zero-order valence-corrected chi connectivity index (χ0v) is 14.3. The maximum atomic E-state index is 4.33. The van der Waals surface area contributed by atoms with Gasteiger partial charge in [-0.25, -0.2) is 0 Å². The summed E-state index contributed by atoms with van der Waals surface area (Å²) in [6, 6.07) is 0. The highest BCUT2D eigenvalue weighted by atomic mass is 14.6. The van der Waals surface area contributed by atoms with Crippen LogP contribution in [-0.4, -0.2) is 0 Å². The highest BCUT2D eigenvalue weighted by molar-refractivity contribution is 5.23. The normalized spacial score (nSPS) is 47.0. The summed E-state index contributed by atoms with van der Waals surface area (Å²) in [5.74, 6) is 4.51. The summed E-state index contributed by atoms with van der Waals surface area (Å²) >= 11 is 0. The lowest BCUT2D eigenvalue weighted by atomic mass is 9.50. The van der Waals surface area contributed by atoms with Crippen molar-refractivity contribution in [2.24, 2.45) is 35.0 Å². The number of allylic oxidation sites excluding steroid dienone is 4. The van der Waals surface area contributed by atoms with Crippen LogP contribution in [0.25, 0.3) is 0 Å². The van der Waals surface area contributed by atoms with Crippen LogP contribution in [0.4, 0.5) is 0 Å². The average molecular weight is 296 g/mol. The maximum Gasteiger partial charge on any atom is -0.00246 e. The Kier molecular flexibility index (Phi) is 3.62. The van der Waals surface area contributed by atoms with Crippen molar-refractivity contribution in [1.29, 1.82) is 0 Å². The molecule has 3 fully saturated rings. The maximum absolute atomic E-state index is 4.33. The van der Waals surface area contributed by atoms with Crippen molar-refractivity contribution < 1.29 is 0 Å². The van der Waals surface area contributed by atoms with E-state index in [1.54, 1.807) is 0 Å². The summed E-state index contributed by atoms with van der Waals surface area (Å²) in [5.41, 5.74) is 3.64. The van der Waals surface area contributed by atoms with Gasteiger partial charge in [0.1, 0.15) is 0 Å². The van der Waals surface area contributed by atoms with Crippen molar-refractivity contribution in [2.75, 3.05) is 0 Å². The highest BCUT2D eigenvalue weighted by Crippen LogP contribution is 2.65. The molecule has 0 bridgehead atoms. The molecule has 4 aliphatic carbocycles. The van der Waals surface area contributed by atoms with E-state index in [0.717, 1.165) is 23.7 Å². The summed E-state index contributed by atoms with van der Waals surface area (Å²) in [6.07, 6.45) is 17.7. The summed E-state index contributed by atoms with van der Waals surface area (Å²) in [5, 5.41) is 0. The average Bonchev–Trinajstić information content (AvgIpc) is 2.94. The zero-order valence-electron chi connectivity index (χ0n) is 14.3. The van der Waals surface area contributed by atoms with E-state index in [-0.39, 0.29) is 0 Å². The van der Waals surface area contributed by atoms with Gasteiger partial charge in [-0.3, -0.25) is 0 Å². The second-order valence-corrected chi connectivity index (χ2v) is 8.62. The van der Waals surface area contributed by atoms with Crippen LogP contribution < -0.4 is 0 Å². The van der Waals surface area contributed by atoms with Crippen LogP contribution in [0, 0.1) is 35.0 Å². The molecule has 0 saturated heterocycles. The Hall–Kier alpha value is -0.780. The molecule has 4 aliphatic rings. The fourth-order valence-corrected chi connectivity index (χ4v) is 7.13. The second kappa shape index (κ2) is 5.39.